The lowest BCUT2D eigenvalue weighted by atomic mass is 10.1. The first-order valence-electron chi connectivity index (χ1n) is 9.14. The smallest absolute Gasteiger partial charge is 0.264 e. The van der Waals surface area contributed by atoms with Gasteiger partial charge < -0.3 is 5.32 Å². The lowest BCUT2D eigenvalue weighted by Gasteiger charge is -2.22. The highest BCUT2D eigenvalue weighted by Crippen LogP contribution is 2.26. The van der Waals surface area contributed by atoms with Gasteiger partial charge in [0.25, 0.3) is 15.9 Å². The lowest BCUT2D eigenvalue weighted by molar-refractivity contribution is 0.0938. The molecule has 0 aromatic heterocycles. The molecule has 2 rings (SSSR count). The Kier molecular flexibility index (Phi) is 6.65. The Balaban J connectivity index is 2.34. The molecule has 146 valence electrons. The fourth-order valence-electron chi connectivity index (χ4n) is 2.90. The van der Waals surface area contributed by atoms with E-state index in [1.54, 1.807) is 42.5 Å². The van der Waals surface area contributed by atoms with Crippen molar-refractivity contribution in [2.24, 2.45) is 0 Å². The van der Waals surface area contributed by atoms with E-state index in [-0.39, 0.29) is 16.8 Å². The van der Waals surface area contributed by atoms with E-state index < -0.39 is 10.0 Å². The maximum Gasteiger partial charge on any atom is 0.264 e. The van der Waals surface area contributed by atoms with Gasteiger partial charge in [0.15, 0.2) is 0 Å². The molecule has 0 unspecified atom stereocenters. The van der Waals surface area contributed by atoms with E-state index in [4.69, 9.17) is 0 Å². The highest BCUT2D eigenvalue weighted by Gasteiger charge is 2.23. The number of carbonyl (C=O) groups excluding carboxylic acids is 1. The van der Waals surface area contributed by atoms with Gasteiger partial charge in [-0.2, -0.15) is 0 Å². The monoisotopic (exact) mass is 388 g/mol. The van der Waals surface area contributed by atoms with Gasteiger partial charge in [-0.3, -0.25) is 9.10 Å². The number of hydrogen-bond acceptors (Lipinski definition) is 3. The Morgan fingerprint density at radius 2 is 1.74 bits per heavy atom. The largest absolute Gasteiger partial charge is 0.350 e. The predicted molar refractivity (Wildman–Crippen MR) is 110 cm³/mol. The van der Waals surface area contributed by atoms with E-state index in [1.807, 2.05) is 20.8 Å². The lowest BCUT2D eigenvalue weighted by Crippen LogP contribution is -2.33. The first-order valence-corrected chi connectivity index (χ1v) is 10.6. The van der Waals surface area contributed by atoms with Crippen LogP contribution < -0.4 is 9.62 Å². The zero-order chi connectivity index (χ0) is 20.2. The molecule has 1 amide bonds. The van der Waals surface area contributed by atoms with Crippen LogP contribution in [0.15, 0.2) is 47.4 Å². The Labute approximate surface area is 162 Å². The van der Waals surface area contributed by atoms with Crippen molar-refractivity contribution < 1.29 is 13.2 Å². The fraction of sp³-hybridized carbons (Fsp3) is 0.381. The van der Waals surface area contributed by atoms with Crippen LogP contribution >= 0.6 is 0 Å². The molecule has 0 aliphatic rings. The summed E-state index contributed by atoms with van der Waals surface area (Å²) in [6.07, 6.45) is 1.88. The van der Waals surface area contributed by atoms with E-state index >= 15 is 0 Å². The molecule has 1 N–H and O–H groups in total. The zero-order valence-corrected chi connectivity index (χ0v) is 17.4. The number of anilines is 1. The Bertz CT molecular complexity index is 906. The van der Waals surface area contributed by atoms with E-state index in [9.17, 15) is 13.2 Å². The van der Waals surface area contributed by atoms with Gasteiger partial charge in [-0.25, -0.2) is 8.42 Å². The number of rotatable bonds is 7. The third-order valence-electron chi connectivity index (χ3n) is 4.59. The standard InChI is InChI=1S/C21H28N2O3S/c1-6-7-17(4)22-21(24)18-11-10-16(3)20(14-18)23(5)27(25,26)19-12-8-15(2)9-13-19/h8-14,17H,6-7H2,1-5H3,(H,22,24)/t17-/m0/s1. The second-order valence-corrected chi connectivity index (χ2v) is 8.92. The first kappa shape index (κ1) is 21.0. The molecule has 5 nitrogen and oxygen atoms in total. The summed E-state index contributed by atoms with van der Waals surface area (Å²) < 4.78 is 27.2. The number of nitrogens with one attached hydrogen (secondary N) is 1. The minimum atomic E-state index is -3.70. The molecule has 0 radical (unpaired) electrons. The van der Waals surface area contributed by atoms with Crippen molar-refractivity contribution in [3.8, 4) is 0 Å². The molecule has 0 bridgehead atoms. The highest BCUT2D eigenvalue weighted by atomic mass is 32.2. The number of sulfonamides is 1. The van der Waals surface area contributed by atoms with Gasteiger partial charge in [0.2, 0.25) is 0 Å². The maximum absolute atomic E-state index is 13.0. The second-order valence-electron chi connectivity index (χ2n) is 6.95. The predicted octanol–water partition coefficient (Wildman–Crippen LogP) is 4.05. The van der Waals surface area contributed by atoms with Crippen molar-refractivity contribution in [3.05, 3.63) is 59.2 Å². The van der Waals surface area contributed by atoms with Crippen LogP contribution in [0.1, 0.15) is 48.2 Å². The summed E-state index contributed by atoms with van der Waals surface area (Å²) in [4.78, 5) is 12.7. The first-order chi connectivity index (χ1) is 12.7. The van der Waals surface area contributed by atoms with Crippen LogP contribution in [0.25, 0.3) is 0 Å². The number of hydrogen-bond donors (Lipinski definition) is 1. The van der Waals surface area contributed by atoms with Crippen LogP contribution in [0.5, 0.6) is 0 Å². The van der Waals surface area contributed by atoms with Gasteiger partial charge in [-0.05, 0) is 57.0 Å². The average Bonchev–Trinajstić information content (AvgIpc) is 2.62. The molecule has 2 aromatic carbocycles. The summed E-state index contributed by atoms with van der Waals surface area (Å²) >= 11 is 0. The molecule has 0 fully saturated rings. The van der Waals surface area contributed by atoms with Crippen LogP contribution in [0.4, 0.5) is 5.69 Å². The van der Waals surface area contributed by atoms with Gasteiger partial charge in [0.05, 0.1) is 10.6 Å². The van der Waals surface area contributed by atoms with Crippen molar-refractivity contribution in [2.45, 2.75) is 51.5 Å². The number of amides is 1. The number of aryl methyl sites for hydroxylation is 2. The third kappa shape index (κ3) is 4.89. The third-order valence-corrected chi connectivity index (χ3v) is 6.37. The molecule has 0 aliphatic heterocycles. The van der Waals surface area contributed by atoms with Gasteiger partial charge in [0.1, 0.15) is 0 Å². The molecule has 0 spiro atoms. The van der Waals surface area contributed by atoms with Crippen LogP contribution in [0.3, 0.4) is 0 Å². The molecule has 0 aliphatic carbocycles. The molecular weight excluding hydrogens is 360 g/mol. The summed E-state index contributed by atoms with van der Waals surface area (Å²) in [7, 11) is -2.19. The molecule has 6 heteroatoms. The summed E-state index contributed by atoms with van der Waals surface area (Å²) in [5.41, 5.74) is 2.72. The van der Waals surface area contributed by atoms with Crippen molar-refractivity contribution in [3.63, 3.8) is 0 Å². The van der Waals surface area contributed by atoms with E-state index in [0.29, 0.717) is 11.3 Å². The van der Waals surface area contributed by atoms with Gasteiger partial charge >= 0.3 is 0 Å². The Morgan fingerprint density at radius 3 is 2.33 bits per heavy atom. The minimum absolute atomic E-state index is 0.0706. The molecule has 27 heavy (non-hydrogen) atoms. The van der Waals surface area contributed by atoms with Crippen molar-refractivity contribution in [1.82, 2.24) is 5.32 Å². The van der Waals surface area contributed by atoms with E-state index in [0.717, 1.165) is 24.0 Å². The summed E-state index contributed by atoms with van der Waals surface area (Å²) in [6.45, 7) is 7.77. The molecule has 2 aromatic rings. The highest BCUT2D eigenvalue weighted by molar-refractivity contribution is 7.92. The van der Waals surface area contributed by atoms with Crippen molar-refractivity contribution in [1.29, 1.82) is 0 Å². The minimum Gasteiger partial charge on any atom is -0.350 e. The SMILES string of the molecule is CCC[C@H](C)NC(=O)c1ccc(C)c(N(C)S(=O)(=O)c2ccc(C)cc2)c1. The van der Waals surface area contributed by atoms with Crippen molar-refractivity contribution in [2.75, 3.05) is 11.4 Å². The molecule has 1 atom stereocenters. The van der Waals surface area contributed by atoms with Crippen LogP contribution in [0.2, 0.25) is 0 Å². The molecule has 0 heterocycles. The summed E-state index contributed by atoms with van der Waals surface area (Å²) in [6, 6.07) is 11.9. The topological polar surface area (TPSA) is 66.5 Å². The Morgan fingerprint density at radius 1 is 1.11 bits per heavy atom. The maximum atomic E-state index is 13.0. The number of benzene rings is 2. The normalized spacial score (nSPS) is 12.5. The van der Waals surface area contributed by atoms with E-state index in [1.165, 1.54) is 11.4 Å². The summed E-state index contributed by atoms with van der Waals surface area (Å²) in [5, 5.41) is 2.95. The van der Waals surface area contributed by atoms with Crippen LogP contribution in [-0.4, -0.2) is 27.4 Å². The van der Waals surface area contributed by atoms with Gasteiger partial charge in [-0.15, -0.1) is 0 Å². The Hall–Kier alpha value is -2.34. The number of nitrogens with zero attached hydrogens (tertiary/aromatic N) is 1. The molecule has 0 saturated heterocycles. The van der Waals surface area contributed by atoms with Crippen molar-refractivity contribution >= 4 is 21.6 Å². The van der Waals surface area contributed by atoms with Crippen LogP contribution in [0, 0.1) is 13.8 Å². The van der Waals surface area contributed by atoms with Gasteiger partial charge in [-0.1, -0.05) is 37.1 Å². The second kappa shape index (κ2) is 8.57. The quantitative estimate of drug-likeness (QED) is 0.778. The average molecular weight is 389 g/mol. The van der Waals surface area contributed by atoms with Gasteiger partial charge in [0, 0.05) is 18.7 Å². The summed E-state index contributed by atoms with van der Waals surface area (Å²) in [5.74, 6) is -0.196. The van der Waals surface area contributed by atoms with Crippen LogP contribution in [-0.2, 0) is 10.0 Å². The zero-order valence-electron chi connectivity index (χ0n) is 16.6. The fourth-order valence-corrected chi connectivity index (χ4v) is 4.15. The molecule has 0 saturated carbocycles. The number of carbonyl (C=O) groups is 1. The van der Waals surface area contributed by atoms with E-state index in [2.05, 4.69) is 12.2 Å². The molecular formula is C21H28N2O3S.